The maximum atomic E-state index is 12.6. The van der Waals surface area contributed by atoms with E-state index in [0.29, 0.717) is 17.1 Å². The average Bonchev–Trinajstić information content (AvgIpc) is 3.28. The second kappa shape index (κ2) is 7.56. The number of rotatable bonds is 4. The minimum Gasteiger partial charge on any atom is -0.312 e. The standard InChI is InChI=1S/C22H21N3O2S/c1-14-5-7-16(8-6-14)20-15(2)28-22(23-20)24-21(27)17-9-11-18(12-10-17)25-13-3-4-19(25)26/h5-12H,3-4,13H2,1-2H3,(H,23,24,27). The molecule has 1 aromatic heterocycles. The van der Waals surface area contributed by atoms with Gasteiger partial charge in [0.05, 0.1) is 5.69 Å². The molecule has 2 aromatic carbocycles. The Labute approximate surface area is 168 Å². The molecule has 2 heterocycles. The van der Waals surface area contributed by atoms with Gasteiger partial charge in [-0.3, -0.25) is 14.9 Å². The Balaban J connectivity index is 1.48. The Morgan fingerprint density at radius 2 is 1.79 bits per heavy atom. The fourth-order valence-corrected chi connectivity index (χ4v) is 4.14. The third-order valence-electron chi connectivity index (χ3n) is 4.86. The van der Waals surface area contributed by atoms with Crippen LogP contribution in [0, 0.1) is 13.8 Å². The van der Waals surface area contributed by atoms with Gasteiger partial charge in [0, 0.05) is 34.7 Å². The molecule has 5 nitrogen and oxygen atoms in total. The van der Waals surface area contributed by atoms with Crippen molar-refractivity contribution in [1.82, 2.24) is 4.98 Å². The molecule has 0 bridgehead atoms. The zero-order chi connectivity index (χ0) is 19.7. The molecule has 6 heteroatoms. The van der Waals surface area contributed by atoms with Gasteiger partial charge in [-0.15, -0.1) is 11.3 Å². The molecule has 3 aromatic rings. The molecule has 142 valence electrons. The molecule has 0 saturated carbocycles. The van der Waals surface area contributed by atoms with Crippen LogP contribution in [0.15, 0.2) is 48.5 Å². The lowest BCUT2D eigenvalue weighted by atomic mass is 10.1. The fourth-order valence-electron chi connectivity index (χ4n) is 3.31. The number of carbonyl (C=O) groups is 2. The number of aryl methyl sites for hydroxylation is 2. The molecule has 0 radical (unpaired) electrons. The Kier molecular flexibility index (Phi) is 4.96. The normalized spacial score (nSPS) is 13.8. The summed E-state index contributed by atoms with van der Waals surface area (Å²) in [5, 5.41) is 3.47. The number of aromatic nitrogens is 1. The van der Waals surface area contributed by atoms with Gasteiger partial charge in [0.15, 0.2) is 5.13 Å². The van der Waals surface area contributed by atoms with Crippen molar-refractivity contribution in [3.05, 3.63) is 64.5 Å². The van der Waals surface area contributed by atoms with Gasteiger partial charge in [0.2, 0.25) is 5.91 Å². The van der Waals surface area contributed by atoms with Crippen molar-refractivity contribution < 1.29 is 9.59 Å². The molecule has 1 aliphatic rings. The SMILES string of the molecule is Cc1ccc(-c2nc(NC(=O)c3ccc(N4CCCC4=O)cc3)sc2C)cc1. The van der Waals surface area contributed by atoms with Crippen LogP contribution in [0.2, 0.25) is 0 Å². The molecule has 2 amide bonds. The fraction of sp³-hybridized carbons (Fsp3) is 0.227. The van der Waals surface area contributed by atoms with Crippen molar-refractivity contribution in [3.8, 4) is 11.3 Å². The first-order chi connectivity index (χ1) is 13.5. The number of thiazole rings is 1. The lowest BCUT2D eigenvalue weighted by Gasteiger charge is -2.15. The number of hydrogen-bond donors (Lipinski definition) is 1. The van der Waals surface area contributed by atoms with Crippen LogP contribution in [0.4, 0.5) is 10.8 Å². The van der Waals surface area contributed by atoms with Crippen molar-refractivity contribution in [2.24, 2.45) is 0 Å². The van der Waals surface area contributed by atoms with E-state index in [9.17, 15) is 9.59 Å². The summed E-state index contributed by atoms with van der Waals surface area (Å²) in [5.41, 5.74) is 4.51. The second-order valence-electron chi connectivity index (χ2n) is 6.94. The summed E-state index contributed by atoms with van der Waals surface area (Å²) in [6, 6.07) is 15.3. The van der Waals surface area contributed by atoms with Crippen LogP contribution in [0.1, 0.15) is 33.6 Å². The lowest BCUT2D eigenvalue weighted by Crippen LogP contribution is -2.23. The highest BCUT2D eigenvalue weighted by molar-refractivity contribution is 7.16. The number of amides is 2. The molecule has 4 rings (SSSR count). The Morgan fingerprint density at radius 3 is 2.43 bits per heavy atom. The van der Waals surface area contributed by atoms with E-state index in [-0.39, 0.29) is 11.8 Å². The Hall–Kier alpha value is -2.99. The van der Waals surface area contributed by atoms with E-state index in [1.54, 1.807) is 17.0 Å². The molecule has 28 heavy (non-hydrogen) atoms. The van der Waals surface area contributed by atoms with Crippen LogP contribution in [-0.4, -0.2) is 23.3 Å². The lowest BCUT2D eigenvalue weighted by molar-refractivity contribution is -0.117. The van der Waals surface area contributed by atoms with E-state index < -0.39 is 0 Å². The Morgan fingerprint density at radius 1 is 1.07 bits per heavy atom. The number of anilines is 2. The maximum Gasteiger partial charge on any atom is 0.257 e. The molecular weight excluding hydrogens is 370 g/mol. The highest BCUT2D eigenvalue weighted by Crippen LogP contribution is 2.31. The number of carbonyl (C=O) groups excluding carboxylic acids is 2. The van der Waals surface area contributed by atoms with Gasteiger partial charge in [-0.05, 0) is 44.5 Å². The van der Waals surface area contributed by atoms with Gasteiger partial charge in [-0.2, -0.15) is 0 Å². The van der Waals surface area contributed by atoms with Gasteiger partial charge in [0.25, 0.3) is 5.91 Å². The van der Waals surface area contributed by atoms with Crippen molar-refractivity contribution in [3.63, 3.8) is 0 Å². The predicted octanol–water partition coefficient (Wildman–Crippen LogP) is 4.81. The van der Waals surface area contributed by atoms with E-state index in [0.717, 1.165) is 34.8 Å². The summed E-state index contributed by atoms with van der Waals surface area (Å²) in [6.45, 7) is 4.79. The predicted molar refractivity (Wildman–Crippen MR) is 113 cm³/mol. The molecule has 0 atom stereocenters. The van der Waals surface area contributed by atoms with E-state index in [4.69, 9.17) is 0 Å². The van der Waals surface area contributed by atoms with E-state index in [2.05, 4.69) is 22.4 Å². The summed E-state index contributed by atoms with van der Waals surface area (Å²) in [4.78, 5) is 31.9. The molecule has 1 fully saturated rings. The van der Waals surface area contributed by atoms with Crippen LogP contribution in [0.25, 0.3) is 11.3 Å². The van der Waals surface area contributed by atoms with E-state index >= 15 is 0 Å². The first-order valence-electron chi connectivity index (χ1n) is 9.27. The second-order valence-corrected chi connectivity index (χ2v) is 8.14. The first kappa shape index (κ1) is 18.4. The largest absolute Gasteiger partial charge is 0.312 e. The minimum atomic E-state index is -0.205. The third kappa shape index (κ3) is 3.68. The van der Waals surface area contributed by atoms with Gasteiger partial charge in [-0.1, -0.05) is 29.8 Å². The first-order valence-corrected chi connectivity index (χ1v) is 10.1. The number of nitrogens with one attached hydrogen (secondary N) is 1. The molecular formula is C22H21N3O2S. The number of benzene rings is 2. The van der Waals surface area contributed by atoms with Crippen LogP contribution in [0.3, 0.4) is 0 Å². The summed E-state index contributed by atoms with van der Waals surface area (Å²) < 4.78 is 0. The smallest absolute Gasteiger partial charge is 0.257 e. The monoisotopic (exact) mass is 391 g/mol. The number of hydrogen-bond acceptors (Lipinski definition) is 4. The summed E-state index contributed by atoms with van der Waals surface area (Å²) >= 11 is 1.46. The van der Waals surface area contributed by atoms with Crippen molar-refractivity contribution in [2.45, 2.75) is 26.7 Å². The van der Waals surface area contributed by atoms with Crippen LogP contribution in [0.5, 0.6) is 0 Å². The average molecular weight is 391 g/mol. The van der Waals surface area contributed by atoms with E-state index in [1.807, 2.05) is 38.1 Å². The quantitative estimate of drug-likeness (QED) is 0.694. The molecule has 1 N–H and O–H groups in total. The molecule has 0 spiro atoms. The van der Waals surface area contributed by atoms with Crippen molar-refractivity contribution in [1.29, 1.82) is 0 Å². The zero-order valence-corrected chi connectivity index (χ0v) is 16.7. The van der Waals surface area contributed by atoms with Crippen molar-refractivity contribution in [2.75, 3.05) is 16.8 Å². The van der Waals surface area contributed by atoms with Gasteiger partial charge >= 0.3 is 0 Å². The van der Waals surface area contributed by atoms with E-state index in [1.165, 1.54) is 16.9 Å². The zero-order valence-electron chi connectivity index (χ0n) is 15.9. The summed E-state index contributed by atoms with van der Waals surface area (Å²) in [6.07, 6.45) is 1.47. The van der Waals surface area contributed by atoms with Crippen LogP contribution >= 0.6 is 11.3 Å². The Bertz CT molecular complexity index is 1020. The molecule has 1 aliphatic heterocycles. The van der Waals surface area contributed by atoms with Gasteiger partial charge < -0.3 is 4.90 Å². The van der Waals surface area contributed by atoms with Gasteiger partial charge in [0.1, 0.15) is 0 Å². The summed E-state index contributed by atoms with van der Waals surface area (Å²) in [7, 11) is 0. The molecule has 0 aliphatic carbocycles. The third-order valence-corrected chi connectivity index (χ3v) is 5.74. The van der Waals surface area contributed by atoms with Crippen LogP contribution in [-0.2, 0) is 4.79 Å². The molecule has 1 saturated heterocycles. The summed E-state index contributed by atoms with van der Waals surface area (Å²) in [5.74, 6) is -0.0670. The number of nitrogens with zero attached hydrogens (tertiary/aromatic N) is 2. The highest BCUT2D eigenvalue weighted by Gasteiger charge is 2.22. The minimum absolute atomic E-state index is 0.138. The topological polar surface area (TPSA) is 62.3 Å². The van der Waals surface area contributed by atoms with Gasteiger partial charge in [-0.25, -0.2) is 4.98 Å². The van der Waals surface area contributed by atoms with Crippen molar-refractivity contribution >= 4 is 34.0 Å². The van der Waals surface area contributed by atoms with Crippen LogP contribution < -0.4 is 10.2 Å². The maximum absolute atomic E-state index is 12.6. The highest BCUT2D eigenvalue weighted by atomic mass is 32.1. The molecule has 0 unspecified atom stereocenters.